The number of nitriles is 1. The smallest absolute Gasteiger partial charge is 0.0959 e. The molecule has 0 atom stereocenters. The van der Waals surface area contributed by atoms with Gasteiger partial charge in [0.2, 0.25) is 0 Å². The van der Waals surface area contributed by atoms with E-state index in [1.165, 1.54) is 22.7 Å². The highest BCUT2D eigenvalue weighted by Gasteiger charge is 2.26. The quantitative estimate of drug-likeness (QED) is 0.739. The van der Waals surface area contributed by atoms with Crippen LogP contribution in [-0.4, -0.2) is 11.5 Å². The van der Waals surface area contributed by atoms with Crippen molar-refractivity contribution in [1.82, 2.24) is 10.3 Å². The first-order valence-electron chi connectivity index (χ1n) is 5.92. The molecule has 1 fully saturated rings. The molecule has 0 bridgehead atoms. The highest BCUT2D eigenvalue weighted by Crippen LogP contribution is 2.41. The summed E-state index contributed by atoms with van der Waals surface area (Å²) in [5.41, 5.74) is 0. The van der Waals surface area contributed by atoms with E-state index in [0.29, 0.717) is 6.42 Å². The Kier molecular flexibility index (Phi) is 4.32. The first kappa shape index (κ1) is 11.6. The van der Waals surface area contributed by atoms with Crippen LogP contribution in [-0.2, 0) is 6.54 Å². The fourth-order valence-corrected chi connectivity index (χ4v) is 2.65. The molecule has 1 N–H and O–H groups in total. The Morgan fingerprint density at radius 3 is 3.12 bits per heavy atom. The highest BCUT2D eigenvalue weighted by atomic mass is 32.1. The van der Waals surface area contributed by atoms with E-state index in [-0.39, 0.29) is 0 Å². The van der Waals surface area contributed by atoms with Gasteiger partial charge in [0.15, 0.2) is 0 Å². The van der Waals surface area contributed by atoms with Crippen molar-refractivity contribution >= 4 is 11.3 Å². The summed E-state index contributed by atoms with van der Waals surface area (Å²) < 4.78 is 0. The van der Waals surface area contributed by atoms with Crippen molar-refractivity contribution in [2.75, 3.05) is 6.54 Å². The molecule has 1 aromatic heterocycles. The molecular formula is C12H17N3S. The van der Waals surface area contributed by atoms with E-state index in [2.05, 4.69) is 16.4 Å². The summed E-state index contributed by atoms with van der Waals surface area (Å²) in [4.78, 5) is 5.78. The van der Waals surface area contributed by atoms with Gasteiger partial charge in [-0.3, -0.25) is 0 Å². The van der Waals surface area contributed by atoms with E-state index in [1.807, 2.05) is 17.5 Å². The minimum Gasteiger partial charge on any atom is -0.312 e. The van der Waals surface area contributed by atoms with E-state index < -0.39 is 0 Å². The van der Waals surface area contributed by atoms with Crippen molar-refractivity contribution in [3.8, 4) is 6.07 Å². The minimum absolute atomic E-state index is 0.675. The third kappa shape index (κ3) is 3.58. The molecule has 16 heavy (non-hydrogen) atoms. The van der Waals surface area contributed by atoms with Crippen LogP contribution in [0, 0.1) is 11.3 Å². The standard InChI is InChI=1S/C12H17N3S/c13-6-2-1-3-7-14-8-11-9-15-12(16-11)10-4-5-10/h9-10,14H,1-5,7-8H2. The molecule has 1 heterocycles. The summed E-state index contributed by atoms with van der Waals surface area (Å²) >= 11 is 1.85. The highest BCUT2D eigenvalue weighted by molar-refractivity contribution is 7.11. The van der Waals surface area contributed by atoms with Gasteiger partial charge in [-0.25, -0.2) is 4.98 Å². The lowest BCUT2D eigenvalue weighted by molar-refractivity contribution is 0.632. The molecule has 0 aromatic carbocycles. The number of nitrogens with one attached hydrogen (secondary N) is 1. The molecule has 86 valence electrons. The van der Waals surface area contributed by atoms with Crippen LogP contribution >= 0.6 is 11.3 Å². The lowest BCUT2D eigenvalue weighted by Crippen LogP contribution is -2.13. The maximum Gasteiger partial charge on any atom is 0.0959 e. The van der Waals surface area contributed by atoms with Gasteiger partial charge in [-0.1, -0.05) is 0 Å². The molecule has 0 radical (unpaired) electrons. The van der Waals surface area contributed by atoms with Gasteiger partial charge in [-0.05, 0) is 32.2 Å². The molecule has 1 saturated carbocycles. The van der Waals surface area contributed by atoms with E-state index in [4.69, 9.17) is 5.26 Å². The first-order valence-corrected chi connectivity index (χ1v) is 6.74. The zero-order valence-electron chi connectivity index (χ0n) is 9.41. The van der Waals surface area contributed by atoms with Crippen molar-refractivity contribution in [2.45, 2.75) is 44.6 Å². The average Bonchev–Trinajstić information content (AvgIpc) is 3.04. The number of nitrogens with zero attached hydrogens (tertiary/aromatic N) is 2. The molecule has 1 aromatic rings. The van der Waals surface area contributed by atoms with Crippen LogP contribution in [0.4, 0.5) is 0 Å². The summed E-state index contributed by atoms with van der Waals surface area (Å²) in [5.74, 6) is 0.773. The SMILES string of the molecule is N#CCCCCNCc1cnc(C2CC2)s1. The lowest BCUT2D eigenvalue weighted by atomic mass is 10.2. The zero-order valence-corrected chi connectivity index (χ0v) is 10.2. The largest absolute Gasteiger partial charge is 0.312 e. The molecule has 1 aliphatic carbocycles. The van der Waals surface area contributed by atoms with Crippen LogP contribution in [0.2, 0.25) is 0 Å². The summed E-state index contributed by atoms with van der Waals surface area (Å²) in [7, 11) is 0. The average molecular weight is 235 g/mol. The predicted molar refractivity (Wildman–Crippen MR) is 65.3 cm³/mol. The second-order valence-electron chi connectivity index (χ2n) is 4.23. The molecule has 0 saturated heterocycles. The number of hydrogen-bond acceptors (Lipinski definition) is 4. The van der Waals surface area contributed by atoms with Crippen LogP contribution in [0.3, 0.4) is 0 Å². The monoisotopic (exact) mass is 235 g/mol. The Bertz CT molecular complexity index is 363. The number of unbranched alkanes of at least 4 members (excludes halogenated alkanes) is 2. The third-order valence-electron chi connectivity index (χ3n) is 2.69. The Hall–Kier alpha value is -0.920. The van der Waals surface area contributed by atoms with Crippen molar-refractivity contribution in [1.29, 1.82) is 5.26 Å². The lowest BCUT2D eigenvalue weighted by Gasteiger charge is -2.00. The van der Waals surface area contributed by atoms with Gasteiger partial charge < -0.3 is 5.32 Å². The number of aromatic nitrogens is 1. The van der Waals surface area contributed by atoms with Crippen molar-refractivity contribution in [3.05, 3.63) is 16.1 Å². The molecule has 1 aliphatic rings. The molecule has 4 heteroatoms. The van der Waals surface area contributed by atoms with Crippen LogP contribution in [0.1, 0.15) is 47.9 Å². The number of thiazole rings is 1. The maximum absolute atomic E-state index is 8.38. The third-order valence-corrected chi connectivity index (χ3v) is 3.85. The second-order valence-corrected chi connectivity index (χ2v) is 5.38. The Labute approximate surface area is 101 Å². The minimum atomic E-state index is 0.675. The number of rotatable bonds is 7. The summed E-state index contributed by atoms with van der Waals surface area (Å²) in [5, 5.41) is 13.1. The normalized spacial score (nSPS) is 14.9. The van der Waals surface area contributed by atoms with Gasteiger partial charge in [-0.2, -0.15) is 5.26 Å². The van der Waals surface area contributed by atoms with Gasteiger partial charge >= 0.3 is 0 Å². The molecule has 3 nitrogen and oxygen atoms in total. The summed E-state index contributed by atoms with van der Waals surface area (Å²) in [6.07, 6.45) is 7.42. The van der Waals surface area contributed by atoms with Crippen molar-refractivity contribution < 1.29 is 0 Å². The van der Waals surface area contributed by atoms with Gasteiger partial charge in [0.05, 0.1) is 11.1 Å². The van der Waals surface area contributed by atoms with Gasteiger partial charge in [0, 0.05) is 30.0 Å². The molecule has 0 aliphatic heterocycles. The van der Waals surface area contributed by atoms with E-state index in [0.717, 1.165) is 31.8 Å². The Morgan fingerprint density at radius 1 is 1.50 bits per heavy atom. The van der Waals surface area contributed by atoms with Crippen LogP contribution in [0.15, 0.2) is 6.20 Å². The summed E-state index contributed by atoms with van der Waals surface area (Å²) in [6, 6.07) is 2.16. The topological polar surface area (TPSA) is 48.7 Å². The van der Waals surface area contributed by atoms with Crippen LogP contribution in [0.5, 0.6) is 0 Å². The molecule has 2 rings (SSSR count). The number of hydrogen-bond donors (Lipinski definition) is 1. The fourth-order valence-electron chi connectivity index (χ4n) is 1.59. The molecule has 0 unspecified atom stereocenters. The molecular weight excluding hydrogens is 218 g/mol. The van der Waals surface area contributed by atoms with E-state index in [1.54, 1.807) is 0 Å². The fraction of sp³-hybridized carbons (Fsp3) is 0.667. The maximum atomic E-state index is 8.38. The predicted octanol–water partition coefficient (Wildman–Crippen LogP) is 2.80. The molecule has 0 spiro atoms. The second kappa shape index (κ2) is 5.97. The van der Waals surface area contributed by atoms with Gasteiger partial charge in [0.1, 0.15) is 0 Å². The summed E-state index contributed by atoms with van der Waals surface area (Å²) in [6.45, 7) is 1.93. The van der Waals surface area contributed by atoms with Crippen molar-refractivity contribution in [2.24, 2.45) is 0 Å². The molecule has 0 amide bonds. The van der Waals surface area contributed by atoms with Crippen molar-refractivity contribution in [3.63, 3.8) is 0 Å². The first-order chi connectivity index (χ1) is 7.90. The Balaban J connectivity index is 1.59. The van der Waals surface area contributed by atoms with Crippen LogP contribution in [0.25, 0.3) is 0 Å². The van der Waals surface area contributed by atoms with E-state index in [9.17, 15) is 0 Å². The van der Waals surface area contributed by atoms with Gasteiger partial charge in [0.25, 0.3) is 0 Å². The van der Waals surface area contributed by atoms with Gasteiger partial charge in [-0.15, -0.1) is 11.3 Å². The van der Waals surface area contributed by atoms with Crippen LogP contribution < -0.4 is 5.32 Å². The zero-order chi connectivity index (χ0) is 11.2. The Morgan fingerprint density at radius 2 is 2.38 bits per heavy atom. The van der Waals surface area contributed by atoms with E-state index >= 15 is 0 Å².